The van der Waals surface area contributed by atoms with Gasteiger partial charge in [-0.2, -0.15) is 0 Å². The van der Waals surface area contributed by atoms with Crippen LogP contribution in [0.1, 0.15) is 18.5 Å². The van der Waals surface area contributed by atoms with Crippen LogP contribution in [0.5, 0.6) is 0 Å². The lowest BCUT2D eigenvalue weighted by Crippen LogP contribution is -2.35. The summed E-state index contributed by atoms with van der Waals surface area (Å²) in [7, 11) is 0. The maximum absolute atomic E-state index is 11.5. The van der Waals surface area contributed by atoms with E-state index in [0.29, 0.717) is 6.54 Å². The summed E-state index contributed by atoms with van der Waals surface area (Å²) in [5, 5.41) is 12.2. The molecule has 2 unspecified atom stereocenters. The van der Waals surface area contributed by atoms with E-state index in [2.05, 4.69) is 5.32 Å². The molecule has 0 bridgehead atoms. The summed E-state index contributed by atoms with van der Waals surface area (Å²) in [5.41, 5.74) is 1.06. The minimum atomic E-state index is -0.737. The van der Waals surface area contributed by atoms with Gasteiger partial charge in [0.2, 0.25) is 0 Å². The average Bonchev–Trinajstić information content (AvgIpc) is 2.62. The van der Waals surface area contributed by atoms with Gasteiger partial charge in [0.1, 0.15) is 6.23 Å². The highest BCUT2D eigenvalue weighted by Crippen LogP contribution is 2.20. The van der Waals surface area contributed by atoms with Crippen molar-refractivity contribution in [2.45, 2.75) is 19.2 Å². The lowest BCUT2D eigenvalue weighted by Gasteiger charge is -2.17. The molecule has 4 nitrogen and oxygen atoms in total. The Kier molecular flexibility index (Phi) is 2.60. The van der Waals surface area contributed by atoms with E-state index < -0.39 is 6.23 Å². The van der Waals surface area contributed by atoms with Crippen molar-refractivity contribution in [1.82, 2.24) is 10.2 Å². The minimum absolute atomic E-state index is 0.0201. The fraction of sp³-hybridized carbons (Fsp3) is 0.364. The van der Waals surface area contributed by atoms with Crippen LogP contribution in [0.25, 0.3) is 0 Å². The second kappa shape index (κ2) is 3.90. The predicted molar refractivity (Wildman–Crippen MR) is 56.1 cm³/mol. The molecule has 1 aliphatic rings. The van der Waals surface area contributed by atoms with Gasteiger partial charge in [-0.15, -0.1) is 0 Å². The summed E-state index contributed by atoms with van der Waals surface area (Å²) in [5.74, 6) is 0. The third-order valence-corrected chi connectivity index (χ3v) is 2.59. The number of aliphatic hydroxyl groups excluding tert-OH is 1. The number of carbonyl (C=O) groups excluding carboxylic acids is 1. The van der Waals surface area contributed by atoms with Crippen LogP contribution in [0.15, 0.2) is 30.3 Å². The molecule has 15 heavy (non-hydrogen) atoms. The number of carbonyl (C=O) groups is 1. The van der Waals surface area contributed by atoms with E-state index in [9.17, 15) is 9.90 Å². The Labute approximate surface area is 88.5 Å². The van der Waals surface area contributed by atoms with Gasteiger partial charge in [0.05, 0.1) is 6.04 Å². The molecule has 2 atom stereocenters. The second-order valence-electron chi connectivity index (χ2n) is 3.70. The first kappa shape index (κ1) is 9.98. The minimum Gasteiger partial charge on any atom is -0.374 e. The van der Waals surface area contributed by atoms with Gasteiger partial charge in [0.15, 0.2) is 0 Å². The van der Waals surface area contributed by atoms with Gasteiger partial charge in [0, 0.05) is 6.54 Å². The summed E-state index contributed by atoms with van der Waals surface area (Å²) in [6.45, 7) is 2.10. The smallest absolute Gasteiger partial charge is 0.320 e. The molecule has 0 aliphatic carbocycles. The maximum Gasteiger partial charge on any atom is 0.320 e. The van der Waals surface area contributed by atoms with Crippen LogP contribution in [0.2, 0.25) is 0 Å². The molecule has 80 valence electrons. The summed E-state index contributed by atoms with van der Waals surface area (Å²) in [6.07, 6.45) is -0.737. The molecule has 1 aromatic rings. The Morgan fingerprint density at radius 2 is 2.13 bits per heavy atom. The summed E-state index contributed by atoms with van der Waals surface area (Å²) in [6, 6.07) is 9.52. The zero-order valence-electron chi connectivity index (χ0n) is 8.55. The Hall–Kier alpha value is -1.55. The van der Waals surface area contributed by atoms with Crippen LogP contribution in [0, 0.1) is 0 Å². The molecule has 0 radical (unpaired) electrons. The number of benzene rings is 1. The van der Waals surface area contributed by atoms with Crippen molar-refractivity contribution in [3.8, 4) is 0 Å². The number of aliphatic hydroxyl groups is 1. The summed E-state index contributed by atoms with van der Waals surface area (Å²) >= 11 is 0. The van der Waals surface area contributed by atoms with Crippen molar-refractivity contribution in [3.63, 3.8) is 0 Å². The van der Waals surface area contributed by atoms with Crippen LogP contribution in [0.3, 0.4) is 0 Å². The molecule has 2 amide bonds. The fourth-order valence-corrected chi connectivity index (χ4v) is 1.75. The number of nitrogens with zero attached hydrogens (tertiary/aromatic N) is 1. The van der Waals surface area contributed by atoms with E-state index in [1.54, 1.807) is 6.92 Å². The van der Waals surface area contributed by atoms with Gasteiger partial charge >= 0.3 is 6.03 Å². The number of urea groups is 1. The Morgan fingerprint density at radius 1 is 1.47 bits per heavy atom. The van der Waals surface area contributed by atoms with Crippen molar-refractivity contribution in [3.05, 3.63) is 35.9 Å². The van der Waals surface area contributed by atoms with Gasteiger partial charge in [-0.1, -0.05) is 30.3 Å². The topological polar surface area (TPSA) is 52.6 Å². The lowest BCUT2D eigenvalue weighted by atomic mass is 10.1. The first-order valence-electron chi connectivity index (χ1n) is 4.98. The van der Waals surface area contributed by atoms with E-state index in [4.69, 9.17) is 0 Å². The molecule has 1 heterocycles. The van der Waals surface area contributed by atoms with Crippen molar-refractivity contribution in [2.75, 3.05) is 6.54 Å². The molecule has 0 saturated carbocycles. The molecule has 0 spiro atoms. The van der Waals surface area contributed by atoms with Gasteiger partial charge in [-0.25, -0.2) is 4.79 Å². The molecule has 1 fully saturated rings. The predicted octanol–water partition coefficient (Wildman–Crippen LogP) is 1.09. The number of hydrogen-bond donors (Lipinski definition) is 2. The van der Waals surface area contributed by atoms with Crippen molar-refractivity contribution in [1.29, 1.82) is 0 Å². The van der Waals surface area contributed by atoms with Crippen LogP contribution in [-0.4, -0.2) is 28.8 Å². The van der Waals surface area contributed by atoms with E-state index in [1.807, 2.05) is 30.3 Å². The highest BCUT2D eigenvalue weighted by Gasteiger charge is 2.31. The molecular weight excluding hydrogens is 192 g/mol. The van der Waals surface area contributed by atoms with Crippen LogP contribution >= 0.6 is 0 Å². The third kappa shape index (κ3) is 1.94. The Balaban J connectivity index is 2.13. The highest BCUT2D eigenvalue weighted by atomic mass is 16.3. The van der Waals surface area contributed by atoms with Crippen LogP contribution in [-0.2, 0) is 0 Å². The fourth-order valence-electron chi connectivity index (χ4n) is 1.75. The summed E-state index contributed by atoms with van der Waals surface area (Å²) in [4.78, 5) is 12.9. The van der Waals surface area contributed by atoms with Crippen LogP contribution in [0.4, 0.5) is 4.79 Å². The average molecular weight is 206 g/mol. The number of nitrogens with one attached hydrogen (secondary N) is 1. The first-order chi connectivity index (χ1) is 7.18. The molecule has 2 rings (SSSR count). The SMILES string of the molecule is CC(O)N1CC(c2ccccc2)NC1=O. The standard InChI is InChI=1S/C11H14N2O2/c1-8(14)13-7-10(12-11(13)15)9-5-3-2-4-6-9/h2-6,8,10,14H,7H2,1H3,(H,12,15). The molecular formula is C11H14N2O2. The van der Waals surface area contributed by atoms with Crippen molar-refractivity contribution >= 4 is 6.03 Å². The maximum atomic E-state index is 11.5. The van der Waals surface area contributed by atoms with Crippen molar-refractivity contribution in [2.24, 2.45) is 0 Å². The van der Waals surface area contributed by atoms with E-state index in [0.717, 1.165) is 5.56 Å². The van der Waals surface area contributed by atoms with E-state index >= 15 is 0 Å². The largest absolute Gasteiger partial charge is 0.374 e. The Morgan fingerprint density at radius 3 is 2.67 bits per heavy atom. The van der Waals surface area contributed by atoms with E-state index in [1.165, 1.54) is 4.90 Å². The van der Waals surface area contributed by atoms with Gasteiger partial charge in [-0.3, -0.25) is 4.90 Å². The first-order valence-corrected chi connectivity index (χ1v) is 4.98. The third-order valence-electron chi connectivity index (χ3n) is 2.59. The molecule has 2 N–H and O–H groups in total. The zero-order valence-corrected chi connectivity index (χ0v) is 8.55. The van der Waals surface area contributed by atoms with E-state index in [-0.39, 0.29) is 12.1 Å². The highest BCUT2D eigenvalue weighted by molar-refractivity contribution is 5.77. The van der Waals surface area contributed by atoms with Gasteiger partial charge in [-0.05, 0) is 12.5 Å². The summed E-state index contributed by atoms with van der Waals surface area (Å²) < 4.78 is 0. The normalized spacial score (nSPS) is 22.7. The Bertz CT molecular complexity index is 351. The van der Waals surface area contributed by atoms with Crippen molar-refractivity contribution < 1.29 is 9.90 Å². The molecule has 1 saturated heterocycles. The monoisotopic (exact) mass is 206 g/mol. The lowest BCUT2D eigenvalue weighted by molar-refractivity contribution is 0.0581. The molecule has 0 aromatic heterocycles. The number of hydrogen-bond acceptors (Lipinski definition) is 2. The molecule has 4 heteroatoms. The van der Waals surface area contributed by atoms with Gasteiger partial charge in [0.25, 0.3) is 0 Å². The van der Waals surface area contributed by atoms with Crippen LogP contribution < -0.4 is 5.32 Å². The zero-order chi connectivity index (χ0) is 10.8. The quantitative estimate of drug-likeness (QED) is 0.761. The number of amides is 2. The number of rotatable bonds is 2. The van der Waals surface area contributed by atoms with Gasteiger partial charge < -0.3 is 10.4 Å². The molecule has 1 aliphatic heterocycles. The molecule has 1 aromatic carbocycles. The second-order valence-corrected chi connectivity index (χ2v) is 3.70.